The van der Waals surface area contributed by atoms with E-state index >= 15 is 0 Å². The highest BCUT2D eigenvalue weighted by Gasteiger charge is 2.24. The molecule has 0 radical (unpaired) electrons. The summed E-state index contributed by atoms with van der Waals surface area (Å²) in [4.78, 5) is 12.8. The maximum atomic E-state index is 12.8. The van der Waals surface area contributed by atoms with Gasteiger partial charge in [0.05, 0.1) is 31.5 Å². The van der Waals surface area contributed by atoms with Crippen LogP contribution in [-0.4, -0.2) is 35.9 Å². The molecule has 0 spiro atoms. The molecule has 1 saturated carbocycles. The molecule has 31 heavy (non-hydrogen) atoms. The van der Waals surface area contributed by atoms with E-state index in [1.165, 1.54) is 32.1 Å². The molecule has 1 amide bonds. The van der Waals surface area contributed by atoms with E-state index in [9.17, 15) is 4.79 Å². The first-order chi connectivity index (χ1) is 14.9. The van der Waals surface area contributed by atoms with Gasteiger partial charge >= 0.3 is 0 Å². The summed E-state index contributed by atoms with van der Waals surface area (Å²) >= 11 is 0. The molecule has 2 aromatic rings. The van der Waals surface area contributed by atoms with Crippen molar-refractivity contribution >= 4 is 11.7 Å². The van der Waals surface area contributed by atoms with E-state index in [1.807, 2.05) is 28.9 Å². The van der Waals surface area contributed by atoms with Gasteiger partial charge in [-0.2, -0.15) is 5.10 Å². The number of carbonyl (C=O) groups is 1. The van der Waals surface area contributed by atoms with E-state index in [0.29, 0.717) is 35.7 Å². The largest absolute Gasteiger partial charge is 0.496 e. The van der Waals surface area contributed by atoms with Crippen molar-refractivity contribution < 1.29 is 14.3 Å². The van der Waals surface area contributed by atoms with Gasteiger partial charge in [0.25, 0.3) is 0 Å². The molecule has 1 aliphatic rings. The smallest absolute Gasteiger partial charge is 0.242 e. The first kappa shape index (κ1) is 23.1. The molecule has 0 aliphatic heterocycles. The van der Waals surface area contributed by atoms with Crippen LogP contribution >= 0.6 is 0 Å². The van der Waals surface area contributed by atoms with Crippen LogP contribution in [0, 0.1) is 11.8 Å². The van der Waals surface area contributed by atoms with Crippen LogP contribution in [0.1, 0.15) is 52.4 Å². The Balaban J connectivity index is 1.84. The third-order valence-electron chi connectivity index (χ3n) is 5.90. The molecule has 0 unspecified atom stereocenters. The van der Waals surface area contributed by atoms with Crippen LogP contribution in [-0.2, 0) is 11.3 Å². The summed E-state index contributed by atoms with van der Waals surface area (Å²) in [6.45, 7) is 4.95. The Labute approximate surface area is 185 Å². The molecule has 3 rings (SSSR count). The first-order valence-corrected chi connectivity index (χ1v) is 11.3. The minimum Gasteiger partial charge on any atom is -0.496 e. The summed E-state index contributed by atoms with van der Waals surface area (Å²) in [7, 11) is 3.27. The molecule has 1 heterocycles. The van der Waals surface area contributed by atoms with Gasteiger partial charge in [-0.3, -0.25) is 9.48 Å². The lowest BCUT2D eigenvalue weighted by molar-refractivity contribution is -0.117. The number of nitrogens with one attached hydrogen (secondary N) is 1. The fourth-order valence-corrected chi connectivity index (χ4v) is 4.38. The van der Waals surface area contributed by atoms with E-state index < -0.39 is 6.04 Å². The quantitative estimate of drug-likeness (QED) is 0.615. The molecule has 0 bridgehead atoms. The molecule has 1 aromatic heterocycles. The maximum Gasteiger partial charge on any atom is 0.242 e. The zero-order valence-corrected chi connectivity index (χ0v) is 19.2. The van der Waals surface area contributed by atoms with Crippen molar-refractivity contribution in [3.63, 3.8) is 0 Å². The number of benzene rings is 1. The van der Waals surface area contributed by atoms with Crippen molar-refractivity contribution in [3.8, 4) is 22.8 Å². The summed E-state index contributed by atoms with van der Waals surface area (Å²) in [5.74, 6) is 2.61. The van der Waals surface area contributed by atoms with Crippen molar-refractivity contribution in [1.82, 2.24) is 9.78 Å². The van der Waals surface area contributed by atoms with Gasteiger partial charge in [0.2, 0.25) is 5.91 Å². The lowest BCUT2D eigenvalue weighted by atomic mass is 9.85. The van der Waals surface area contributed by atoms with Gasteiger partial charge < -0.3 is 20.5 Å². The van der Waals surface area contributed by atoms with Crippen molar-refractivity contribution in [2.75, 3.05) is 19.5 Å². The number of amides is 1. The second-order valence-corrected chi connectivity index (χ2v) is 8.86. The molecule has 1 fully saturated rings. The van der Waals surface area contributed by atoms with Gasteiger partial charge in [-0.15, -0.1) is 0 Å². The number of nitrogens with two attached hydrogens (primary N) is 1. The molecule has 1 atom stereocenters. The predicted molar refractivity (Wildman–Crippen MR) is 123 cm³/mol. The molecule has 0 saturated heterocycles. The van der Waals surface area contributed by atoms with Gasteiger partial charge in [-0.1, -0.05) is 52.0 Å². The Kier molecular flexibility index (Phi) is 7.96. The fraction of sp³-hybridized carbons (Fsp3) is 0.583. The van der Waals surface area contributed by atoms with Crippen LogP contribution in [0.4, 0.5) is 5.82 Å². The summed E-state index contributed by atoms with van der Waals surface area (Å²) in [6.07, 6.45) is 6.83. The molecule has 7 heteroatoms. The van der Waals surface area contributed by atoms with E-state index in [2.05, 4.69) is 24.3 Å². The summed E-state index contributed by atoms with van der Waals surface area (Å²) in [5.41, 5.74) is 7.88. The Hall–Kier alpha value is -2.54. The Morgan fingerprint density at radius 3 is 2.42 bits per heavy atom. The molecular weight excluding hydrogens is 392 g/mol. The Morgan fingerprint density at radius 1 is 1.19 bits per heavy atom. The van der Waals surface area contributed by atoms with Crippen molar-refractivity contribution in [3.05, 3.63) is 24.3 Å². The SMILES string of the molecule is COc1cccc(OC)c1-c1cc(NC(=O)[C@H](N)CC2CCCCC2)nn1CC(C)C. The Morgan fingerprint density at radius 2 is 1.84 bits per heavy atom. The predicted octanol–water partition coefficient (Wildman–Crippen LogP) is 4.46. The van der Waals surface area contributed by atoms with Crippen LogP contribution in [0.15, 0.2) is 24.3 Å². The number of carbonyl (C=O) groups excluding carboxylic acids is 1. The molecule has 7 nitrogen and oxygen atoms in total. The normalized spacial score (nSPS) is 15.7. The second kappa shape index (κ2) is 10.7. The third-order valence-corrected chi connectivity index (χ3v) is 5.90. The topological polar surface area (TPSA) is 91.4 Å². The third kappa shape index (κ3) is 5.79. The standard InChI is InChI=1S/C24H36N4O3/c1-16(2)15-28-19(23-20(30-3)11-8-12-21(23)31-4)14-22(27-28)26-24(29)18(25)13-17-9-6-5-7-10-17/h8,11-12,14,16-18H,5-7,9-10,13,15,25H2,1-4H3,(H,26,27,29)/t18-/m1/s1. The Bertz CT molecular complexity index is 849. The van der Waals surface area contributed by atoms with Crippen molar-refractivity contribution in [2.45, 2.75) is 65.0 Å². The van der Waals surface area contributed by atoms with Crippen LogP contribution < -0.4 is 20.5 Å². The number of ether oxygens (including phenoxy) is 2. The number of rotatable bonds is 9. The number of aromatic nitrogens is 2. The molecule has 170 valence electrons. The zero-order valence-electron chi connectivity index (χ0n) is 19.2. The van der Waals surface area contributed by atoms with Crippen LogP contribution in [0.2, 0.25) is 0 Å². The number of nitrogens with zero attached hydrogens (tertiary/aromatic N) is 2. The van der Waals surface area contributed by atoms with E-state index in [0.717, 1.165) is 17.7 Å². The highest BCUT2D eigenvalue weighted by Crippen LogP contribution is 2.39. The van der Waals surface area contributed by atoms with Crippen LogP contribution in [0.25, 0.3) is 11.3 Å². The minimum atomic E-state index is -0.525. The lowest BCUT2D eigenvalue weighted by Gasteiger charge is -2.23. The number of methoxy groups -OCH3 is 2. The molecule has 1 aliphatic carbocycles. The lowest BCUT2D eigenvalue weighted by Crippen LogP contribution is -2.37. The number of anilines is 1. The first-order valence-electron chi connectivity index (χ1n) is 11.3. The highest BCUT2D eigenvalue weighted by molar-refractivity contribution is 5.94. The summed E-state index contributed by atoms with van der Waals surface area (Å²) < 4.78 is 13.1. The minimum absolute atomic E-state index is 0.182. The number of hydrogen-bond donors (Lipinski definition) is 2. The average molecular weight is 429 g/mol. The zero-order chi connectivity index (χ0) is 22.4. The monoisotopic (exact) mass is 428 g/mol. The van der Waals surface area contributed by atoms with Gasteiger partial charge in [0.1, 0.15) is 11.5 Å². The van der Waals surface area contributed by atoms with Gasteiger partial charge in [0, 0.05) is 12.6 Å². The summed E-state index contributed by atoms with van der Waals surface area (Å²) in [5, 5.41) is 7.60. The van der Waals surface area contributed by atoms with E-state index in [1.54, 1.807) is 14.2 Å². The summed E-state index contributed by atoms with van der Waals surface area (Å²) in [6, 6.07) is 7.01. The molecule has 1 aromatic carbocycles. The van der Waals surface area contributed by atoms with E-state index in [4.69, 9.17) is 15.2 Å². The van der Waals surface area contributed by atoms with Gasteiger partial charge in [0.15, 0.2) is 5.82 Å². The van der Waals surface area contributed by atoms with Gasteiger partial charge in [-0.25, -0.2) is 0 Å². The van der Waals surface area contributed by atoms with Gasteiger partial charge in [-0.05, 0) is 30.4 Å². The number of hydrogen-bond acceptors (Lipinski definition) is 5. The second-order valence-electron chi connectivity index (χ2n) is 8.86. The molecular formula is C24H36N4O3. The van der Waals surface area contributed by atoms with E-state index in [-0.39, 0.29) is 5.91 Å². The van der Waals surface area contributed by atoms with Crippen molar-refractivity contribution in [1.29, 1.82) is 0 Å². The molecule has 3 N–H and O–H groups in total. The van der Waals surface area contributed by atoms with Crippen LogP contribution in [0.5, 0.6) is 11.5 Å². The maximum absolute atomic E-state index is 12.8. The van der Waals surface area contributed by atoms with Crippen LogP contribution in [0.3, 0.4) is 0 Å². The highest BCUT2D eigenvalue weighted by atomic mass is 16.5. The average Bonchev–Trinajstić information content (AvgIpc) is 3.14. The van der Waals surface area contributed by atoms with Crippen molar-refractivity contribution in [2.24, 2.45) is 17.6 Å². The fourth-order valence-electron chi connectivity index (χ4n) is 4.38.